The largest absolute Gasteiger partial charge is 0.374 e. The normalized spacial score (nSPS) is 14.3. The van der Waals surface area contributed by atoms with Gasteiger partial charge in [-0.05, 0) is 51.0 Å². The van der Waals surface area contributed by atoms with Crippen molar-refractivity contribution in [2.24, 2.45) is 0 Å². The highest BCUT2D eigenvalue weighted by molar-refractivity contribution is 5.97. The predicted octanol–water partition coefficient (Wildman–Crippen LogP) is 2.12. The van der Waals surface area contributed by atoms with E-state index in [2.05, 4.69) is 10.6 Å². The van der Waals surface area contributed by atoms with Gasteiger partial charge in [0, 0.05) is 30.8 Å². The van der Waals surface area contributed by atoms with Gasteiger partial charge < -0.3 is 15.4 Å². The predicted molar refractivity (Wildman–Crippen MR) is 81.4 cm³/mol. The van der Waals surface area contributed by atoms with Crippen LogP contribution in [0.5, 0.6) is 0 Å². The van der Waals surface area contributed by atoms with Crippen LogP contribution in [0.1, 0.15) is 43.1 Å². The van der Waals surface area contributed by atoms with Crippen molar-refractivity contribution in [3.63, 3.8) is 0 Å². The minimum Gasteiger partial charge on any atom is -0.374 e. The molecule has 5 heteroatoms. The average molecular weight is 290 g/mol. The summed E-state index contributed by atoms with van der Waals surface area (Å²) in [6.45, 7) is 6.88. The van der Waals surface area contributed by atoms with Crippen LogP contribution in [-0.4, -0.2) is 30.6 Å². The van der Waals surface area contributed by atoms with Crippen LogP contribution in [0.15, 0.2) is 18.2 Å². The zero-order chi connectivity index (χ0) is 15.5. The summed E-state index contributed by atoms with van der Waals surface area (Å²) in [6.07, 6.45) is 1.14. The quantitative estimate of drug-likeness (QED) is 0.873. The summed E-state index contributed by atoms with van der Waals surface area (Å²) in [4.78, 5) is 23.5. The molecule has 0 fully saturated rings. The van der Waals surface area contributed by atoms with E-state index in [0.29, 0.717) is 31.6 Å². The smallest absolute Gasteiger partial charge is 0.251 e. The van der Waals surface area contributed by atoms with Gasteiger partial charge in [-0.2, -0.15) is 0 Å². The Balaban J connectivity index is 2.02. The summed E-state index contributed by atoms with van der Waals surface area (Å²) < 4.78 is 5.56. The molecule has 2 N–H and O–H groups in total. The van der Waals surface area contributed by atoms with Gasteiger partial charge >= 0.3 is 0 Å². The van der Waals surface area contributed by atoms with Crippen molar-refractivity contribution in [2.45, 2.75) is 39.2 Å². The second-order valence-corrected chi connectivity index (χ2v) is 5.80. The number of aryl methyl sites for hydroxylation is 1. The van der Waals surface area contributed by atoms with Crippen LogP contribution < -0.4 is 10.6 Å². The Hall–Kier alpha value is -1.88. The Bertz CT molecular complexity index is 552. The minimum atomic E-state index is -0.382. The standard InChI is InChI=1S/C16H22N2O3/c1-4-21-16(2,3)10-17-15(20)12-5-7-13-11(9-12)6-8-14(19)18-13/h5,7,9H,4,6,8,10H2,1-3H3,(H,17,20)(H,18,19). The minimum absolute atomic E-state index is 0.0261. The molecule has 0 radical (unpaired) electrons. The molecule has 2 amide bonds. The van der Waals surface area contributed by atoms with Gasteiger partial charge in [0.25, 0.3) is 5.91 Å². The van der Waals surface area contributed by atoms with Gasteiger partial charge in [0.15, 0.2) is 0 Å². The number of ether oxygens (including phenoxy) is 1. The number of carbonyl (C=O) groups excluding carboxylic acids is 2. The van der Waals surface area contributed by atoms with Gasteiger partial charge in [-0.25, -0.2) is 0 Å². The van der Waals surface area contributed by atoms with Gasteiger partial charge in [-0.15, -0.1) is 0 Å². The lowest BCUT2D eigenvalue weighted by molar-refractivity contribution is -0.116. The molecule has 1 heterocycles. The van der Waals surface area contributed by atoms with Crippen molar-refractivity contribution in [2.75, 3.05) is 18.5 Å². The van der Waals surface area contributed by atoms with E-state index >= 15 is 0 Å². The highest BCUT2D eigenvalue weighted by Crippen LogP contribution is 2.23. The molecule has 114 valence electrons. The summed E-state index contributed by atoms with van der Waals surface area (Å²) in [5, 5.41) is 5.70. The number of anilines is 1. The topological polar surface area (TPSA) is 67.4 Å². The second-order valence-electron chi connectivity index (χ2n) is 5.80. The molecule has 0 spiro atoms. The van der Waals surface area contributed by atoms with E-state index in [1.54, 1.807) is 12.1 Å². The first-order valence-electron chi connectivity index (χ1n) is 7.26. The molecule has 0 saturated heterocycles. The number of fused-ring (bicyclic) bond motifs is 1. The van der Waals surface area contributed by atoms with Crippen LogP contribution in [-0.2, 0) is 16.0 Å². The molecule has 0 aromatic heterocycles. The Morgan fingerprint density at radius 2 is 2.14 bits per heavy atom. The summed E-state index contributed by atoms with van der Waals surface area (Å²) in [5.41, 5.74) is 2.04. The Morgan fingerprint density at radius 1 is 1.38 bits per heavy atom. The number of hydrogen-bond acceptors (Lipinski definition) is 3. The molecule has 1 aliphatic rings. The molecule has 0 aliphatic carbocycles. The Labute approximate surface area is 125 Å². The van der Waals surface area contributed by atoms with Gasteiger partial charge in [-0.3, -0.25) is 9.59 Å². The molecule has 2 rings (SSSR count). The fourth-order valence-electron chi connectivity index (χ4n) is 2.36. The number of carbonyl (C=O) groups is 2. The molecule has 0 saturated carbocycles. The molecule has 21 heavy (non-hydrogen) atoms. The highest BCUT2D eigenvalue weighted by atomic mass is 16.5. The summed E-state index contributed by atoms with van der Waals surface area (Å²) in [7, 11) is 0. The monoisotopic (exact) mass is 290 g/mol. The van der Waals surface area contributed by atoms with Crippen molar-refractivity contribution >= 4 is 17.5 Å². The van der Waals surface area contributed by atoms with Crippen molar-refractivity contribution in [3.05, 3.63) is 29.3 Å². The number of nitrogens with one attached hydrogen (secondary N) is 2. The molecule has 0 unspecified atom stereocenters. The lowest BCUT2D eigenvalue weighted by Gasteiger charge is -2.25. The van der Waals surface area contributed by atoms with Crippen molar-refractivity contribution < 1.29 is 14.3 Å². The van der Waals surface area contributed by atoms with Crippen molar-refractivity contribution in [1.82, 2.24) is 5.32 Å². The lowest BCUT2D eigenvalue weighted by atomic mass is 10.00. The van der Waals surface area contributed by atoms with Crippen LogP contribution in [0.2, 0.25) is 0 Å². The second kappa shape index (κ2) is 6.26. The van der Waals surface area contributed by atoms with Gasteiger partial charge in [-0.1, -0.05) is 0 Å². The first-order valence-corrected chi connectivity index (χ1v) is 7.26. The van der Waals surface area contributed by atoms with Crippen LogP contribution >= 0.6 is 0 Å². The fraction of sp³-hybridized carbons (Fsp3) is 0.500. The van der Waals surface area contributed by atoms with Crippen LogP contribution in [0.4, 0.5) is 5.69 Å². The van der Waals surface area contributed by atoms with Gasteiger partial charge in [0.1, 0.15) is 0 Å². The van der Waals surface area contributed by atoms with Crippen molar-refractivity contribution in [1.29, 1.82) is 0 Å². The van der Waals surface area contributed by atoms with Crippen molar-refractivity contribution in [3.8, 4) is 0 Å². The zero-order valence-electron chi connectivity index (χ0n) is 12.8. The maximum absolute atomic E-state index is 12.2. The fourth-order valence-corrected chi connectivity index (χ4v) is 2.36. The average Bonchev–Trinajstić information content (AvgIpc) is 2.44. The van der Waals surface area contributed by atoms with E-state index in [9.17, 15) is 9.59 Å². The number of amides is 2. The first kappa shape index (κ1) is 15.5. The number of benzene rings is 1. The van der Waals surface area contributed by atoms with Crippen LogP contribution in [0.3, 0.4) is 0 Å². The molecule has 1 aromatic rings. The van der Waals surface area contributed by atoms with E-state index in [1.807, 2.05) is 26.8 Å². The number of rotatable bonds is 5. The molecular weight excluding hydrogens is 268 g/mol. The van der Waals surface area contributed by atoms with E-state index < -0.39 is 0 Å². The maximum Gasteiger partial charge on any atom is 0.251 e. The SMILES string of the molecule is CCOC(C)(C)CNC(=O)c1ccc2c(c1)CCC(=O)N2. The van der Waals surface area contributed by atoms with Gasteiger partial charge in [0.2, 0.25) is 5.91 Å². The third-order valence-corrected chi connectivity index (χ3v) is 3.47. The Morgan fingerprint density at radius 3 is 2.86 bits per heavy atom. The highest BCUT2D eigenvalue weighted by Gasteiger charge is 2.20. The molecule has 0 bridgehead atoms. The van der Waals surface area contributed by atoms with Crippen LogP contribution in [0, 0.1) is 0 Å². The molecule has 0 atom stereocenters. The number of hydrogen-bond donors (Lipinski definition) is 2. The third-order valence-electron chi connectivity index (χ3n) is 3.47. The maximum atomic E-state index is 12.2. The first-order chi connectivity index (χ1) is 9.91. The molecule has 1 aliphatic heterocycles. The summed E-state index contributed by atoms with van der Waals surface area (Å²) >= 11 is 0. The zero-order valence-corrected chi connectivity index (χ0v) is 12.8. The van der Waals surface area contributed by atoms with E-state index in [0.717, 1.165) is 11.3 Å². The van der Waals surface area contributed by atoms with E-state index in [-0.39, 0.29) is 17.4 Å². The summed E-state index contributed by atoms with van der Waals surface area (Å²) in [6, 6.07) is 5.36. The van der Waals surface area contributed by atoms with Gasteiger partial charge in [0.05, 0.1) is 5.60 Å². The summed E-state index contributed by atoms with van der Waals surface area (Å²) in [5.74, 6) is -0.0966. The van der Waals surface area contributed by atoms with E-state index in [1.165, 1.54) is 0 Å². The Kier molecular flexibility index (Phi) is 4.63. The third kappa shape index (κ3) is 4.04. The molecular formula is C16H22N2O3. The molecule has 1 aromatic carbocycles. The van der Waals surface area contributed by atoms with E-state index in [4.69, 9.17) is 4.74 Å². The lowest BCUT2D eigenvalue weighted by Crippen LogP contribution is -2.40. The van der Waals surface area contributed by atoms with Crippen LogP contribution in [0.25, 0.3) is 0 Å². The molecule has 5 nitrogen and oxygen atoms in total.